The summed E-state index contributed by atoms with van der Waals surface area (Å²) >= 11 is 3.23. The fraction of sp³-hybridized carbons (Fsp3) is 0.417. The first-order chi connectivity index (χ1) is 8.58. The zero-order valence-corrected chi connectivity index (χ0v) is 11.7. The molecule has 5 nitrogen and oxygen atoms in total. The number of pyridine rings is 1. The Kier molecular flexibility index (Phi) is 3.96. The van der Waals surface area contributed by atoms with E-state index < -0.39 is 0 Å². The SMILES string of the molecule is CN1CCCN(C(=O)c2ccnc(Br)c2)CC1=O. The molecule has 0 N–H and O–H groups in total. The minimum Gasteiger partial charge on any atom is -0.344 e. The van der Waals surface area contributed by atoms with E-state index in [2.05, 4.69) is 20.9 Å². The Morgan fingerprint density at radius 3 is 2.94 bits per heavy atom. The lowest BCUT2D eigenvalue weighted by molar-refractivity contribution is -0.129. The molecule has 1 saturated heterocycles. The number of amides is 2. The van der Waals surface area contributed by atoms with E-state index in [9.17, 15) is 9.59 Å². The van der Waals surface area contributed by atoms with Gasteiger partial charge in [0.25, 0.3) is 5.91 Å². The molecule has 0 radical (unpaired) electrons. The molecule has 2 amide bonds. The number of carbonyl (C=O) groups is 2. The molecule has 6 heteroatoms. The van der Waals surface area contributed by atoms with Crippen molar-refractivity contribution in [2.24, 2.45) is 0 Å². The molecule has 1 aliphatic rings. The van der Waals surface area contributed by atoms with Gasteiger partial charge in [-0.25, -0.2) is 4.98 Å². The molecule has 0 spiro atoms. The molecule has 96 valence electrons. The molecule has 0 bridgehead atoms. The van der Waals surface area contributed by atoms with Crippen LogP contribution in [-0.2, 0) is 4.79 Å². The van der Waals surface area contributed by atoms with Crippen LogP contribution in [0.2, 0.25) is 0 Å². The van der Waals surface area contributed by atoms with E-state index >= 15 is 0 Å². The number of halogens is 1. The van der Waals surface area contributed by atoms with E-state index in [0.29, 0.717) is 23.3 Å². The molecule has 1 aliphatic heterocycles. The van der Waals surface area contributed by atoms with Gasteiger partial charge in [-0.3, -0.25) is 9.59 Å². The molecule has 18 heavy (non-hydrogen) atoms. The summed E-state index contributed by atoms with van der Waals surface area (Å²) in [7, 11) is 1.76. The second kappa shape index (κ2) is 5.48. The van der Waals surface area contributed by atoms with Gasteiger partial charge < -0.3 is 9.80 Å². The molecule has 1 aromatic heterocycles. The molecule has 2 heterocycles. The van der Waals surface area contributed by atoms with Gasteiger partial charge in [0, 0.05) is 31.9 Å². The van der Waals surface area contributed by atoms with Gasteiger partial charge >= 0.3 is 0 Å². The van der Waals surface area contributed by atoms with E-state index in [4.69, 9.17) is 0 Å². The average molecular weight is 312 g/mol. The van der Waals surface area contributed by atoms with Crippen LogP contribution in [0.1, 0.15) is 16.8 Å². The number of likely N-dealkylation sites (N-methyl/N-ethyl adjacent to an activating group) is 1. The van der Waals surface area contributed by atoms with Gasteiger partial charge in [-0.2, -0.15) is 0 Å². The summed E-state index contributed by atoms with van der Waals surface area (Å²) in [6.07, 6.45) is 2.38. The van der Waals surface area contributed by atoms with Gasteiger partial charge in [0.15, 0.2) is 0 Å². The molecule has 1 fully saturated rings. The summed E-state index contributed by atoms with van der Waals surface area (Å²) in [5, 5.41) is 0. The number of aromatic nitrogens is 1. The van der Waals surface area contributed by atoms with Crippen LogP contribution in [0, 0.1) is 0 Å². The highest BCUT2D eigenvalue weighted by atomic mass is 79.9. The number of nitrogens with zero attached hydrogens (tertiary/aromatic N) is 3. The van der Waals surface area contributed by atoms with Crippen molar-refractivity contribution in [3.8, 4) is 0 Å². The first-order valence-corrected chi connectivity index (χ1v) is 6.52. The summed E-state index contributed by atoms with van der Waals surface area (Å²) in [5.74, 6) is -0.143. The van der Waals surface area contributed by atoms with Gasteiger partial charge in [-0.1, -0.05) is 0 Å². The van der Waals surface area contributed by atoms with E-state index in [-0.39, 0.29) is 18.4 Å². The number of hydrogen-bond donors (Lipinski definition) is 0. The Morgan fingerprint density at radius 2 is 2.22 bits per heavy atom. The van der Waals surface area contributed by atoms with Gasteiger partial charge in [-0.15, -0.1) is 0 Å². The smallest absolute Gasteiger partial charge is 0.254 e. The molecular weight excluding hydrogens is 298 g/mol. The van der Waals surface area contributed by atoms with Crippen LogP contribution in [0.5, 0.6) is 0 Å². The maximum Gasteiger partial charge on any atom is 0.254 e. The van der Waals surface area contributed by atoms with E-state index in [1.165, 1.54) is 0 Å². The summed E-state index contributed by atoms with van der Waals surface area (Å²) < 4.78 is 0.617. The Labute approximate surface area is 114 Å². The summed E-state index contributed by atoms with van der Waals surface area (Å²) in [6.45, 7) is 1.45. The van der Waals surface area contributed by atoms with Crippen LogP contribution in [-0.4, -0.2) is 53.3 Å². The summed E-state index contributed by atoms with van der Waals surface area (Å²) in [4.78, 5) is 31.2. The molecule has 0 aliphatic carbocycles. The Bertz CT molecular complexity index is 478. The third kappa shape index (κ3) is 2.87. The van der Waals surface area contributed by atoms with Crippen molar-refractivity contribution in [2.75, 3.05) is 26.7 Å². The lowest BCUT2D eigenvalue weighted by Gasteiger charge is -2.19. The molecule has 0 atom stereocenters. The van der Waals surface area contributed by atoms with Gasteiger partial charge in [-0.05, 0) is 34.5 Å². The second-order valence-corrected chi connectivity index (χ2v) is 5.08. The predicted molar refractivity (Wildman–Crippen MR) is 70.1 cm³/mol. The zero-order chi connectivity index (χ0) is 13.1. The predicted octanol–water partition coefficient (Wildman–Crippen LogP) is 1.15. The maximum absolute atomic E-state index is 12.3. The standard InChI is InChI=1S/C12H14BrN3O2/c1-15-5-2-6-16(8-11(15)17)12(18)9-3-4-14-10(13)7-9/h3-4,7H,2,5-6,8H2,1H3. The number of carbonyl (C=O) groups excluding carboxylic acids is 2. The highest BCUT2D eigenvalue weighted by molar-refractivity contribution is 9.10. The highest BCUT2D eigenvalue weighted by Crippen LogP contribution is 2.12. The first kappa shape index (κ1) is 13.0. The molecule has 0 unspecified atom stereocenters. The van der Waals surface area contributed by atoms with Gasteiger partial charge in [0.05, 0.1) is 0 Å². The monoisotopic (exact) mass is 311 g/mol. The van der Waals surface area contributed by atoms with E-state index in [0.717, 1.165) is 6.42 Å². The normalized spacial score (nSPS) is 16.7. The van der Waals surface area contributed by atoms with Crippen LogP contribution in [0.3, 0.4) is 0 Å². The minimum absolute atomic E-state index is 0.0195. The van der Waals surface area contributed by atoms with Crippen molar-refractivity contribution in [3.63, 3.8) is 0 Å². The van der Waals surface area contributed by atoms with Crippen molar-refractivity contribution < 1.29 is 9.59 Å². The first-order valence-electron chi connectivity index (χ1n) is 5.73. The molecule has 2 rings (SSSR count). The largest absolute Gasteiger partial charge is 0.344 e. The van der Waals surface area contributed by atoms with Crippen LogP contribution < -0.4 is 0 Å². The fourth-order valence-corrected chi connectivity index (χ4v) is 2.24. The lowest BCUT2D eigenvalue weighted by Crippen LogP contribution is -2.38. The topological polar surface area (TPSA) is 53.5 Å². The third-order valence-electron chi connectivity index (χ3n) is 2.93. The maximum atomic E-state index is 12.3. The van der Waals surface area contributed by atoms with Gasteiger partial charge in [0.1, 0.15) is 11.1 Å². The number of rotatable bonds is 1. The second-order valence-electron chi connectivity index (χ2n) is 4.26. The van der Waals surface area contributed by atoms with E-state index in [1.807, 2.05) is 0 Å². The quantitative estimate of drug-likeness (QED) is 0.731. The minimum atomic E-state index is -0.123. The van der Waals surface area contributed by atoms with Crippen LogP contribution >= 0.6 is 15.9 Å². The van der Waals surface area contributed by atoms with Crippen LogP contribution in [0.25, 0.3) is 0 Å². The van der Waals surface area contributed by atoms with Crippen molar-refractivity contribution in [2.45, 2.75) is 6.42 Å². The van der Waals surface area contributed by atoms with Crippen molar-refractivity contribution in [1.82, 2.24) is 14.8 Å². The lowest BCUT2D eigenvalue weighted by atomic mass is 10.2. The molecular formula is C12H14BrN3O2. The van der Waals surface area contributed by atoms with Crippen LogP contribution in [0.4, 0.5) is 0 Å². The van der Waals surface area contributed by atoms with Gasteiger partial charge in [0.2, 0.25) is 5.91 Å². The molecule has 0 saturated carbocycles. The Morgan fingerprint density at radius 1 is 1.44 bits per heavy atom. The number of hydrogen-bond acceptors (Lipinski definition) is 3. The molecule has 1 aromatic rings. The average Bonchev–Trinajstić information content (AvgIpc) is 2.51. The van der Waals surface area contributed by atoms with Crippen LogP contribution in [0.15, 0.2) is 22.9 Å². The highest BCUT2D eigenvalue weighted by Gasteiger charge is 2.23. The Hall–Kier alpha value is -1.43. The molecule has 0 aromatic carbocycles. The van der Waals surface area contributed by atoms with E-state index in [1.54, 1.807) is 35.2 Å². The summed E-state index contributed by atoms with van der Waals surface area (Å²) in [6, 6.07) is 3.33. The fourth-order valence-electron chi connectivity index (χ4n) is 1.88. The Balaban J connectivity index is 2.16. The van der Waals surface area contributed by atoms with Crippen molar-refractivity contribution >= 4 is 27.7 Å². The van der Waals surface area contributed by atoms with Crippen molar-refractivity contribution in [3.05, 3.63) is 28.5 Å². The zero-order valence-electron chi connectivity index (χ0n) is 10.1. The summed E-state index contributed by atoms with van der Waals surface area (Å²) in [5.41, 5.74) is 0.550. The third-order valence-corrected chi connectivity index (χ3v) is 3.37. The van der Waals surface area contributed by atoms with Crippen molar-refractivity contribution in [1.29, 1.82) is 0 Å².